The first-order valence-corrected chi connectivity index (χ1v) is 11.3. The number of hydrogen-bond acceptors (Lipinski definition) is 7. The highest BCUT2D eigenvalue weighted by molar-refractivity contribution is 7.80. The van der Waals surface area contributed by atoms with Crippen molar-refractivity contribution >= 4 is 64.1 Å². The maximum Gasteiger partial charge on any atom is 0.346 e. The van der Waals surface area contributed by atoms with Crippen LogP contribution in [0, 0.1) is 0 Å². The minimum atomic E-state index is -1.08. The third kappa shape index (κ3) is 7.72. The fourth-order valence-electron chi connectivity index (χ4n) is 3.17. The lowest BCUT2D eigenvalue weighted by Gasteiger charge is -2.18. The number of rotatable bonds is 6. The minimum absolute atomic E-state index is 0.0906. The third-order valence-corrected chi connectivity index (χ3v) is 5.99. The molecular weight excluding hydrogens is 519 g/mol. The van der Waals surface area contributed by atoms with Crippen LogP contribution in [0.5, 0.6) is 5.75 Å². The maximum atomic E-state index is 12.1. The molecule has 186 valence electrons. The molecular formula is C23H22Cl2N2O7S. The predicted octanol–water partition coefficient (Wildman–Crippen LogP) is 3.23. The number of carbonyl (C=O) groups is 4. The molecule has 0 aliphatic carbocycles. The third-order valence-electron chi connectivity index (χ3n) is 4.93. The fourth-order valence-corrected chi connectivity index (χ4v) is 4.04. The van der Waals surface area contributed by atoms with Crippen LogP contribution in [0.4, 0.5) is 0 Å². The molecule has 0 saturated carbocycles. The van der Waals surface area contributed by atoms with E-state index in [0.29, 0.717) is 23.6 Å². The van der Waals surface area contributed by atoms with Crippen molar-refractivity contribution in [3.8, 4) is 5.75 Å². The van der Waals surface area contributed by atoms with Gasteiger partial charge in [0.25, 0.3) is 0 Å². The summed E-state index contributed by atoms with van der Waals surface area (Å²) in [5, 5.41) is 17.9. The van der Waals surface area contributed by atoms with Crippen molar-refractivity contribution in [2.45, 2.75) is 31.8 Å². The van der Waals surface area contributed by atoms with E-state index in [-0.39, 0.29) is 27.9 Å². The number of thiocarbonyl (C=S) groups is 1. The predicted molar refractivity (Wildman–Crippen MR) is 133 cm³/mol. The van der Waals surface area contributed by atoms with Crippen LogP contribution in [0.25, 0.3) is 0 Å². The molecule has 9 nitrogen and oxygen atoms in total. The number of halogens is 2. The van der Waals surface area contributed by atoms with Gasteiger partial charge in [0.2, 0.25) is 5.91 Å². The lowest BCUT2D eigenvalue weighted by atomic mass is 10.1. The Morgan fingerprint density at radius 2 is 1.69 bits per heavy atom. The van der Waals surface area contributed by atoms with Crippen LogP contribution in [0.15, 0.2) is 42.5 Å². The minimum Gasteiger partial charge on any atom is -0.480 e. The van der Waals surface area contributed by atoms with Gasteiger partial charge in [0.1, 0.15) is 11.8 Å². The lowest BCUT2D eigenvalue weighted by Crippen LogP contribution is -2.41. The van der Waals surface area contributed by atoms with Crippen molar-refractivity contribution in [3.63, 3.8) is 0 Å². The van der Waals surface area contributed by atoms with E-state index in [4.69, 9.17) is 56.1 Å². The van der Waals surface area contributed by atoms with E-state index >= 15 is 0 Å². The molecule has 1 aliphatic heterocycles. The summed E-state index contributed by atoms with van der Waals surface area (Å²) in [5.74, 6) is -2.72. The van der Waals surface area contributed by atoms with Crippen LogP contribution in [0.1, 0.15) is 29.3 Å². The van der Waals surface area contributed by atoms with Crippen LogP contribution in [0.3, 0.4) is 0 Å². The summed E-state index contributed by atoms with van der Waals surface area (Å²) in [6, 6.07) is 9.23. The van der Waals surface area contributed by atoms with Crippen LogP contribution in [0.2, 0.25) is 10.0 Å². The number of ether oxygens (including phenoxy) is 1. The van der Waals surface area contributed by atoms with Crippen LogP contribution >= 0.6 is 35.4 Å². The monoisotopic (exact) mass is 540 g/mol. The molecule has 1 saturated heterocycles. The molecule has 1 aliphatic rings. The zero-order chi connectivity index (χ0) is 26.3. The van der Waals surface area contributed by atoms with Gasteiger partial charge >= 0.3 is 17.9 Å². The Balaban J connectivity index is 0.000000303. The fraction of sp³-hybridized carbons (Fsp3) is 0.261. The van der Waals surface area contributed by atoms with Gasteiger partial charge in [-0.15, -0.1) is 0 Å². The van der Waals surface area contributed by atoms with Gasteiger partial charge in [0.15, 0.2) is 6.04 Å². The van der Waals surface area contributed by atoms with Gasteiger partial charge < -0.3 is 25.6 Å². The Labute approximate surface area is 216 Å². The van der Waals surface area contributed by atoms with Crippen LogP contribution < -0.4 is 10.5 Å². The first kappa shape index (κ1) is 28.2. The van der Waals surface area contributed by atoms with E-state index in [0.717, 1.165) is 5.56 Å². The van der Waals surface area contributed by atoms with E-state index in [9.17, 15) is 19.2 Å². The molecule has 0 aromatic heterocycles. The van der Waals surface area contributed by atoms with Gasteiger partial charge in [-0.05, 0) is 42.7 Å². The molecule has 4 N–H and O–H groups in total. The van der Waals surface area contributed by atoms with E-state index < -0.39 is 30.0 Å². The average Bonchev–Trinajstić information content (AvgIpc) is 3.17. The van der Waals surface area contributed by atoms with Crippen molar-refractivity contribution in [1.29, 1.82) is 0 Å². The van der Waals surface area contributed by atoms with Crippen molar-refractivity contribution in [1.82, 2.24) is 4.90 Å². The molecule has 0 spiro atoms. The smallest absolute Gasteiger partial charge is 0.346 e. The topological polar surface area (TPSA) is 147 Å². The number of esters is 1. The number of carboxylic acids is 2. The van der Waals surface area contributed by atoms with Gasteiger partial charge in [-0.3, -0.25) is 9.59 Å². The molecule has 0 radical (unpaired) electrons. The summed E-state index contributed by atoms with van der Waals surface area (Å²) in [7, 11) is 0. The molecule has 2 atom stereocenters. The van der Waals surface area contributed by atoms with Gasteiger partial charge in [-0.25, -0.2) is 9.59 Å². The van der Waals surface area contributed by atoms with Gasteiger partial charge in [0.05, 0.1) is 15.6 Å². The molecule has 1 fully saturated rings. The molecule has 0 unspecified atom stereocenters. The largest absolute Gasteiger partial charge is 0.480 e. The number of nitrogens with zero attached hydrogens (tertiary/aromatic N) is 1. The summed E-state index contributed by atoms with van der Waals surface area (Å²) in [6.45, 7) is 1.79. The number of benzene rings is 2. The van der Waals surface area contributed by atoms with E-state index in [1.807, 2.05) is 0 Å². The van der Waals surface area contributed by atoms with Crippen molar-refractivity contribution < 1.29 is 34.1 Å². The zero-order valence-electron chi connectivity index (χ0n) is 18.4. The molecule has 2 aromatic carbocycles. The molecule has 2 aromatic rings. The van der Waals surface area contributed by atoms with Gasteiger partial charge in [-0.1, -0.05) is 53.6 Å². The lowest BCUT2D eigenvalue weighted by molar-refractivity contribution is -0.145. The normalized spacial score (nSPS) is 15.6. The highest BCUT2D eigenvalue weighted by Crippen LogP contribution is 2.26. The first-order valence-electron chi connectivity index (χ1n) is 10.2. The zero-order valence-corrected chi connectivity index (χ0v) is 20.8. The maximum absolute atomic E-state index is 12.1. The summed E-state index contributed by atoms with van der Waals surface area (Å²) < 4.78 is 5.21. The summed E-state index contributed by atoms with van der Waals surface area (Å²) >= 11 is 16.7. The molecule has 35 heavy (non-hydrogen) atoms. The van der Waals surface area contributed by atoms with E-state index in [1.165, 1.54) is 11.8 Å². The van der Waals surface area contributed by atoms with Crippen molar-refractivity contribution in [3.05, 3.63) is 63.6 Å². The quantitative estimate of drug-likeness (QED) is 0.285. The second-order valence-electron chi connectivity index (χ2n) is 7.45. The molecule has 3 rings (SSSR count). The first-order chi connectivity index (χ1) is 16.4. The van der Waals surface area contributed by atoms with Crippen LogP contribution in [-0.4, -0.2) is 62.4 Å². The number of likely N-dealkylation sites (tertiary alicyclic amines) is 1. The molecule has 12 heteroatoms. The Hall–Kier alpha value is -3.05. The Bertz CT molecular complexity index is 1120. The average molecular weight is 541 g/mol. The van der Waals surface area contributed by atoms with E-state index in [2.05, 4.69) is 0 Å². The highest BCUT2D eigenvalue weighted by atomic mass is 35.5. The van der Waals surface area contributed by atoms with Crippen LogP contribution in [-0.2, 0) is 20.8 Å². The van der Waals surface area contributed by atoms with Crippen molar-refractivity contribution in [2.24, 2.45) is 5.73 Å². The van der Waals surface area contributed by atoms with Crippen molar-refractivity contribution in [2.75, 3.05) is 6.54 Å². The molecule has 1 amide bonds. The summed E-state index contributed by atoms with van der Waals surface area (Å²) in [5.41, 5.74) is 6.27. The Kier molecular flexibility index (Phi) is 10.1. The summed E-state index contributed by atoms with van der Waals surface area (Å²) in [4.78, 5) is 46.1. The number of carboxylic acid groups (broad SMARTS) is 2. The van der Waals surface area contributed by atoms with Gasteiger partial charge in [-0.2, -0.15) is 0 Å². The Morgan fingerprint density at radius 1 is 1.11 bits per heavy atom. The highest BCUT2D eigenvalue weighted by Gasteiger charge is 2.36. The molecule has 1 heterocycles. The number of aliphatic carboxylic acids is 2. The standard InChI is InChI=1S/C16H13Cl2NO4.C7H9NO3S/c17-11-2-1-3-12(18)14(11)16(22)23-10-6-4-9(5-7-10)8-13(19)15(20)21;1-4(9)8-3-2-5(12)6(8)7(10)11/h1-7,13H,8,19H2,(H,20,21);6H,2-3H2,1H3,(H,10,11)/t13-;6-/m10/s1. The summed E-state index contributed by atoms with van der Waals surface area (Å²) in [6.07, 6.45) is 0.700. The number of hydrogen-bond donors (Lipinski definition) is 3. The SMILES string of the molecule is CC(=O)N1CCC(=S)[C@H]1C(=O)O.N[C@H](Cc1ccc(OC(=O)c2c(Cl)cccc2Cl)cc1)C(=O)O. The van der Waals surface area contributed by atoms with Gasteiger partial charge in [0, 0.05) is 18.3 Å². The second-order valence-corrected chi connectivity index (χ2v) is 8.79. The van der Waals surface area contributed by atoms with E-state index in [1.54, 1.807) is 42.5 Å². The second kappa shape index (κ2) is 12.6. The molecule has 0 bridgehead atoms. The number of amides is 1. The number of nitrogens with two attached hydrogens (primary N) is 1. The number of carbonyl (C=O) groups excluding carboxylic acids is 2. The Morgan fingerprint density at radius 3 is 2.14 bits per heavy atom.